The molecule has 6 heteroatoms. The Morgan fingerprint density at radius 1 is 0.879 bits per heavy atom. The van der Waals surface area contributed by atoms with E-state index in [1.54, 1.807) is 24.1 Å². The number of nitrogens with one attached hydrogen (secondary N) is 1. The predicted octanol–water partition coefficient (Wildman–Crippen LogP) is 3.99. The number of hydrogen-bond donors (Lipinski definition) is 1. The van der Waals surface area contributed by atoms with Crippen LogP contribution in [0.3, 0.4) is 0 Å². The highest BCUT2D eigenvalue weighted by atomic mass is 16.5. The summed E-state index contributed by atoms with van der Waals surface area (Å²) in [5.74, 6) is 0.0932. The van der Waals surface area contributed by atoms with E-state index in [0.29, 0.717) is 25.3 Å². The van der Waals surface area contributed by atoms with Crippen molar-refractivity contribution in [2.45, 2.75) is 19.0 Å². The SMILES string of the molecule is COCCCNC(=O)C(c1ccccc1)N(Cc1ccccc1)C(=O)COc1ccccc1. The molecule has 2 amide bonds. The number of ether oxygens (including phenoxy) is 2. The van der Waals surface area contributed by atoms with Crippen molar-refractivity contribution in [2.24, 2.45) is 0 Å². The van der Waals surface area contributed by atoms with Crippen molar-refractivity contribution in [3.8, 4) is 5.75 Å². The summed E-state index contributed by atoms with van der Waals surface area (Å²) in [5.41, 5.74) is 1.67. The van der Waals surface area contributed by atoms with Gasteiger partial charge in [0.25, 0.3) is 5.91 Å². The molecule has 0 bridgehead atoms. The maximum absolute atomic E-state index is 13.4. The standard InChI is InChI=1S/C27H30N2O4/c1-32-19-11-18-28-27(31)26(23-14-7-3-8-15-23)29(20-22-12-5-2-6-13-22)25(30)21-33-24-16-9-4-10-17-24/h2-10,12-17,26H,11,18-21H2,1H3,(H,28,31). The van der Waals surface area contributed by atoms with E-state index in [2.05, 4.69) is 5.32 Å². The van der Waals surface area contributed by atoms with Gasteiger partial charge in [-0.2, -0.15) is 0 Å². The van der Waals surface area contributed by atoms with Crippen molar-refractivity contribution >= 4 is 11.8 Å². The van der Waals surface area contributed by atoms with Crippen molar-refractivity contribution in [3.05, 3.63) is 102 Å². The minimum Gasteiger partial charge on any atom is -0.484 e. The maximum atomic E-state index is 13.4. The minimum absolute atomic E-state index is 0.170. The molecule has 3 aromatic rings. The van der Waals surface area contributed by atoms with Gasteiger partial charge in [0.15, 0.2) is 6.61 Å². The molecule has 0 heterocycles. The highest BCUT2D eigenvalue weighted by molar-refractivity contribution is 5.89. The van der Waals surface area contributed by atoms with Crippen LogP contribution in [0.5, 0.6) is 5.75 Å². The summed E-state index contributed by atoms with van der Waals surface area (Å²) in [6.07, 6.45) is 0.688. The van der Waals surface area contributed by atoms with Gasteiger partial charge in [-0.05, 0) is 29.7 Å². The van der Waals surface area contributed by atoms with Gasteiger partial charge in [-0.15, -0.1) is 0 Å². The van der Waals surface area contributed by atoms with Crippen LogP contribution >= 0.6 is 0 Å². The molecule has 1 unspecified atom stereocenters. The summed E-state index contributed by atoms with van der Waals surface area (Å²) in [5, 5.41) is 2.96. The molecule has 0 radical (unpaired) electrons. The summed E-state index contributed by atoms with van der Waals surface area (Å²) in [4.78, 5) is 28.3. The van der Waals surface area contributed by atoms with E-state index in [1.165, 1.54) is 0 Å². The first-order chi connectivity index (χ1) is 16.2. The van der Waals surface area contributed by atoms with Gasteiger partial charge < -0.3 is 19.7 Å². The van der Waals surface area contributed by atoms with Crippen molar-refractivity contribution in [1.29, 1.82) is 0 Å². The molecule has 0 saturated carbocycles. The van der Waals surface area contributed by atoms with Gasteiger partial charge >= 0.3 is 0 Å². The molecule has 0 fully saturated rings. The van der Waals surface area contributed by atoms with Gasteiger partial charge in [0, 0.05) is 26.8 Å². The molecule has 0 aliphatic heterocycles. The van der Waals surface area contributed by atoms with Crippen LogP contribution in [-0.2, 0) is 20.9 Å². The van der Waals surface area contributed by atoms with Crippen LogP contribution in [0.4, 0.5) is 0 Å². The number of amides is 2. The first-order valence-corrected chi connectivity index (χ1v) is 11.0. The molecule has 3 aromatic carbocycles. The predicted molar refractivity (Wildman–Crippen MR) is 128 cm³/mol. The lowest BCUT2D eigenvalue weighted by atomic mass is 10.0. The number of hydrogen-bond acceptors (Lipinski definition) is 4. The van der Waals surface area contributed by atoms with E-state index in [0.717, 1.165) is 11.1 Å². The van der Waals surface area contributed by atoms with Gasteiger partial charge in [-0.3, -0.25) is 9.59 Å². The zero-order valence-electron chi connectivity index (χ0n) is 18.9. The van der Waals surface area contributed by atoms with Gasteiger partial charge in [0.2, 0.25) is 5.91 Å². The molecule has 0 aliphatic rings. The highest BCUT2D eigenvalue weighted by Crippen LogP contribution is 2.24. The fraction of sp³-hybridized carbons (Fsp3) is 0.259. The lowest BCUT2D eigenvalue weighted by Gasteiger charge is -2.31. The third-order valence-electron chi connectivity index (χ3n) is 5.12. The second-order valence-corrected chi connectivity index (χ2v) is 7.56. The van der Waals surface area contributed by atoms with Gasteiger partial charge in [0.1, 0.15) is 11.8 Å². The number of rotatable bonds is 12. The van der Waals surface area contributed by atoms with E-state index in [9.17, 15) is 9.59 Å². The summed E-state index contributed by atoms with van der Waals surface area (Å²) in [7, 11) is 1.63. The maximum Gasteiger partial charge on any atom is 0.261 e. The Morgan fingerprint density at radius 3 is 2.12 bits per heavy atom. The van der Waals surface area contributed by atoms with Crippen LogP contribution in [0.25, 0.3) is 0 Å². The number of carbonyl (C=O) groups is 2. The zero-order chi connectivity index (χ0) is 23.3. The molecule has 0 saturated heterocycles. The van der Waals surface area contributed by atoms with Crippen molar-refractivity contribution in [3.63, 3.8) is 0 Å². The van der Waals surface area contributed by atoms with Crippen LogP contribution in [-0.4, -0.2) is 43.6 Å². The summed E-state index contributed by atoms with van der Waals surface area (Å²) < 4.78 is 10.8. The van der Waals surface area contributed by atoms with E-state index in [-0.39, 0.29) is 25.0 Å². The minimum atomic E-state index is -0.791. The Kier molecular flexibility index (Phi) is 9.48. The molecule has 3 rings (SSSR count). The number of methoxy groups -OCH3 is 1. The van der Waals surface area contributed by atoms with Crippen LogP contribution in [0.1, 0.15) is 23.6 Å². The van der Waals surface area contributed by atoms with Crippen molar-refractivity contribution in [2.75, 3.05) is 26.9 Å². The van der Waals surface area contributed by atoms with E-state index in [1.807, 2.05) is 78.9 Å². The average molecular weight is 447 g/mol. The molecule has 33 heavy (non-hydrogen) atoms. The number of para-hydroxylation sites is 1. The smallest absolute Gasteiger partial charge is 0.261 e. The van der Waals surface area contributed by atoms with Gasteiger partial charge in [0.05, 0.1) is 0 Å². The molecule has 1 atom stereocenters. The summed E-state index contributed by atoms with van der Waals surface area (Å²) in [6.45, 7) is 1.12. The molecule has 0 spiro atoms. The molecule has 172 valence electrons. The molecule has 6 nitrogen and oxygen atoms in total. The van der Waals surface area contributed by atoms with E-state index >= 15 is 0 Å². The third kappa shape index (κ3) is 7.47. The normalized spacial score (nSPS) is 11.4. The number of benzene rings is 3. The summed E-state index contributed by atoms with van der Waals surface area (Å²) >= 11 is 0. The molecular formula is C27H30N2O4. The zero-order valence-corrected chi connectivity index (χ0v) is 18.9. The Labute approximate surface area is 195 Å². The first-order valence-electron chi connectivity index (χ1n) is 11.0. The molecule has 0 aromatic heterocycles. The van der Waals surface area contributed by atoms with E-state index in [4.69, 9.17) is 9.47 Å². The Balaban J connectivity index is 1.86. The monoisotopic (exact) mass is 446 g/mol. The molecule has 1 N–H and O–H groups in total. The summed E-state index contributed by atoms with van der Waals surface area (Å²) in [6, 6.07) is 27.4. The fourth-order valence-electron chi connectivity index (χ4n) is 3.48. The van der Waals surface area contributed by atoms with Crippen LogP contribution in [0.2, 0.25) is 0 Å². The lowest BCUT2D eigenvalue weighted by Crippen LogP contribution is -2.45. The van der Waals surface area contributed by atoms with E-state index < -0.39 is 6.04 Å². The Hall–Kier alpha value is -3.64. The topological polar surface area (TPSA) is 67.9 Å². The number of nitrogens with zero attached hydrogens (tertiary/aromatic N) is 1. The average Bonchev–Trinajstić information content (AvgIpc) is 2.87. The third-order valence-corrected chi connectivity index (χ3v) is 5.12. The van der Waals surface area contributed by atoms with Crippen molar-refractivity contribution < 1.29 is 19.1 Å². The van der Waals surface area contributed by atoms with Crippen molar-refractivity contribution in [1.82, 2.24) is 10.2 Å². The van der Waals surface area contributed by atoms with Gasteiger partial charge in [-0.1, -0.05) is 78.9 Å². The first kappa shape index (κ1) is 24.0. The second-order valence-electron chi connectivity index (χ2n) is 7.56. The largest absolute Gasteiger partial charge is 0.484 e. The lowest BCUT2D eigenvalue weighted by molar-refractivity contribution is -0.143. The Bertz CT molecular complexity index is 981. The second kappa shape index (κ2) is 13.0. The number of carbonyl (C=O) groups excluding carboxylic acids is 2. The van der Waals surface area contributed by atoms with Crippen LogP contribution in [0.15, 0.2) is 91.0 Å². The van der Waals surface area contributed by atoms with Gasteiger partial charge in [-0.25, -0.2) is 0 Å². The molecular weight excluding hydrogens is 416 g/mol. The fourth-order valence-corrected chi connectivity index (χ4v) is 3.48. The Morgan fingerprint density at radius 2 is 1.48 bits per heavy atom. The highest BCUT2D eigenvalue weighted by Gasteiger charge is 2.31. The van der Waals surface area contributed by atoms with Crippen LogP contribution < -0.4 is 10.1 Å². The quantitative estimate of drug-likeness (QED) is 0.427. The molecule has 0 aliphatic carbocycles. The van der Waals surface area contributed by atoms with Crippen LogP contribution in [0, 0.1) is 0 Å².